The van der Waals surface area contributed by atoms with Gasteiger partial charge in [0.1, 0.15) is 6.54 Å². The first-order valence-corrected chi connectivity index (χ1v) is 9.25. The normalized spacial score (nSPS) is 10.9. The van der Waals surface area contributed by atoms with E-state index in [1.54, 1.807) is 12.1 Å². The number of amides is 1. The number of hydrogen-bond donors (Lipinski definition) is 1. The van der Waals surface area contributed by atoms with Crippen LogP contribution >= 0.6 is 11.3 Å². The Morgan fingerprint density at radius 1 is 1.15 bits per heavy atom. The van der Waals surface area contributed by atoms with Gasteiger partial charge in [-0.3, -0.25) is 14.2 Å². The van der Waals surface area contributed by atoms with Gasteiger partial charge in [0.25, 0.3) is 5.56 Å². The Morgan fingerprint density at radius 3 is 2.74 bits per heavy atom. The highest BCUT2D eigenvalue weighted by atomic mass is 32.1. The van der Waals surface area contributed by atoms with E-state index in [0.29, 0.717) is 16.2 Å². The van der Waals surface area contributed by atoms with Gasteiger partial charge in [0.15, 0.2) is 5.13 Å². The van der Waals surface area contributed by atoms with Crippen molar-refractivity contribution < 1.29 is 4.79 Å². The average Bonchev–Trinajstić information content (AvgIpc) is 3.13. The van der Waals surface area contributed by atoms with Gasteiger partial charge in [0.05, 0.1) is 22.9 Å². The minimum atomic E-state index is -0.316. The second-order valence-corrected chi connectivity index (χ2v) is 6.98. The lowest BCUT2D eigenvalue weighted by molar-refractivity contribution is -0.116. The van der Waals surface area contributed by atoms with Crippen LogP contribution in [0.25, 0.3) is 22.3 Å². The Kier molecular flexibility index (Phi) is 4.52. The van der Waals surface area contributed by atoms with Crippen molar-refractivity contribution in [2.24, 2.45) is 0 Å². The first-order chi connectivity index (χ1) is 13.1. The summed E-state index contributed by atoms with van der Waals surface area (Å²) in [5, 5.41) is 5.17. The van der Waals surface area contributed by atoms with Crippen LogP contribution in [0.1, 0.15) is 5.56 Å². The molecule has 0 aliphatic rings. The molecule has 0 spiro atoms. The number of carbonyl (C=O) groups is 1. The molecule has 1 N–H and O–H groups in total. The third kappa shape index (κ3) is 3.63. The maximum absolute atomic E-state index is 12.4. The molecule has 0 fully saturated rings. The summed E-state index contributed by atoms with van der Waals surface area (Å²) >= 11 is 1.35. The lowest BCUT2D eigenvalue weighted by atomic mass is 10.1. The number of anilines is 1. The molecule has 2 heterocycles. The second-order valence-electron chi connectivity index (χ2n) is 6.12. The van der Waals surface area contributed by atoms with Crippen molar-refractivity contribution in [3.05, 3.63) is 76.0 Å². The van der Waals surface area contributed by atoms with Crippen LogP contribution in [-0.2, 0) is 11.3 Å². The fourth-order valence-electron chi connectivity index (χ4n) is 2.77. The minimum Gasteiger partial charge on any atom is -0.300 e. The first-order valence-electron chi connectivity index (χ1n) is 8.37. The Morgan fingerprint density at radius 2 is 1.93 bits per heavy atom. The van der Waals surface area contributed by atoms with E-state index in [2.05, 4.69) is 15.3 Å². The molecule has 2 aromatic carbocycles. The van der Waals surface area contributed by atoms with E-state index in [1.807, 2.05) is 48.7 Å². The zero-order valence-electron chi connectivity index (χ0n) is 14.5. The van der Waals surface area contributed by atoms with Gasteiger partial charge >= 0.3 is 0 Å². The van der Waals surface area contributed by atoms with Gasteiger partial charge in [-0.05, 0) is 19.1 Å². The number of nitrogens with one attached hydrogen (secondary N) is 1. The highest BCUT2D eigenvalue weighted by Gasteiger charge is 2.11. The fourth-order valence-corrected chi connectivity index (χ4v) is 3.50. The van der Waals surface area contributed by atoms with Crippen molar-refractivity contribution in [1.82, 2.24) is 14.5 Å². The standard InChI is InChI=1S/C20H16N4O2S/c1-13-6-8-14(9-7-13)16-12-27-20(22-16)23-18(25)11-24-17-5-3-2-4-15(17)21-10-19(24)26/h2-10,12H,11H2,1H3,(H,22,23,25). The number of fused-ring (bicyclic) bond motifs is 1. The number of aromatic nitrogens is 3. The Labute approximate surface area is 159 Å². The van der Waals surface area contributed by atoms with Gasteiger partial charge < -0.3 is 5.32 Å². The fraction of sp³-hybridized carbons (Fsp3) is 0.100. The quantitative estimate of drug-likeness (QED) is 0.592. The summed E-state index contributed by atoms with van der Waals surface area (Å²) in [7, 11) is 0. The van der Waals surface area contributed by atoms with E-state index in [0.717, 1.165) is 11.3 Å². The summed E-state index contributed by atoms with van der Waals surface area (Å²) in [6, 6.07) is 15.3. The lowest BCUT2D eigenvalue weighted by Crippen LogP contribution is -2.27. The van der Waals surface area contributed by atoms with Gasteiger partial charge in [-0.1, -0.05) is 42.0 Å². The van der Waals surface area contributed by atoms with Gasteiger partial charge in [0, 0.05) is 10.9 Å². The molecular formula is C20H16N4O2S. The second kappa shape index (κ2) is 7.13. The topological polar surface area (TPSA) is 76.9 Å². The summed E-state index contributed by atoms with van der Waals surface area (Å²) in [5.41, 5.74) is 3.96. The van der Waals surface area contributed by atoms with Crippen LogP contribution in [0.5, 0.6) is 0 Å². The molecule has 0 saturated heterocycles. The molecule has 4 rings (SSSR count). The summed E-state index contributed by atoms with van der Waals surface area (Å²) in [5.74, 6) is -0.307. The molecule has 0 aliphatic heterocycles. The molecule has 27 heavy (non-hydrogen) atoms. The van der Waals surface area contributed by atoms with Crippen LogP contribution in [0.3, 0.4) is 0 Å². The number of nitrogens with zero attached hydrogens (tertiary/aromatic N) is 3. The number of thiazole rings is 1. The van der Waals surface area contributed by atoms with Crippen LogP contribution in [0.15, 0.2) is 64.9 Å². The van der Waals surface area contributed by atoms with Crippen LogP contribution in [0.4, 0.5) is 5.13 Å². The van der Waals surface area contributed by atoms with E-state index < -0.39 is 0 Å². The van der Waals surface area contributed by atoms with Gasteiger partial charge in [-0.25, -0.2) is 9.97 Å². The van der Waals surface area contributed by atoms with E-state index >= 15 is 0 Å². The number of carbonyl (C=O) groups excluding carboxylic acids is 1. The first kappa shape index (κ1) is 17.1. The average molecular weight is 376 g/mol. The molecule has 0 atom stereocenters. The number of para-hydroxylation sites is 2. The molecule has 2 aromatic heterocycles. The van der Waals surface area contributed by atoms with Crippen molar-refractivity contribution in [2.45, 2.75) is 13.5 Å². The summed E-state index contributed by atoms with van der Waals surface area (Å²) in [6.45, 7) is 1.93. The van der Waals surface area contributed by atoms with Crippen LogP contribution < -0.4 is 10.9 Å². The van der Waals surface area contributed by atoms with Gasteiger partial charge in [0.2, 0.25) is 5.91 Å². The molecule has 1 amide bonds. The predicted molar refractivity (Wildman–Crippen MR) is 107 cm³/mol. The number of aryl methyl sites for hydroxylation is 1. The third-order valence-corrected chi connectivity index (χ3v) is 4.91. The smallest absolute Gasteiger partial charge is 0.269 e. The predicted octanol–water partition coefficient (Wildman–Crippen LogP) is 3.47. The largest absolute Gasteiger partial charge is 0.300 e. The van der Waals surface area contributed by atoms with Crippen LogP contribution in [-0.4, -0.2) is 20.4 Å². The highest BCUT2D eigenvalue weighted by molar-refractivity contribution is 7.14. The minimum absolute atomic E-state index is 0.0959. The van der Waals surface area contributed by atoms with Crippen molar-refractivity contribution in [2.75, 3.05) is 5.32 Å². The van der Waals surface area contributed by atoms with Gasteiger partial charge in [-0.2, -0.15) is 0 Å². The van der Waals surface area contributed by atoms with E-state index in [-0.39, 0.29) is 18.0 Å². The molecule has 4 aromatic rings. The van der Waals surface area contributed by atoms with Crippen molar-refractivity contribution >= 4 is 33.4 Å². The Hall–Kier alpha value is -3.32. The van der Waals surface area contributed by atoms with Crippen LogP contribution in [0.2, 0.25) is 0 Å². The van der Waals surface area contributed by atoms with Crippen molar-refractivity contribution in [3.63, 3.8) is 0 Å². The van der Waals surface area contributed by atoms with E-state index in [4.69, 9.17) is 0 Å². The van der Waals surface area contributed by atoms with Gasteiger partial charge in [-0.15, -0.1) is 11.3 Å². The molecule has 0 bridgehead atoms. The van der Waals surface area contributed by atoms with E-state index in [1.165, 1.54) is 27.7 Å². The maximum Gasteiger partial charge on any atom is 0.269 e. The molecule has 0 radical (unpaired) electrons. The lowest BCUT2D eigenvalue weighted by Gasteiger charge is -2.08. The maximum atomic E-state index is 12.4. The molecule has 7 heteroatoms. The third-order valence-electron chi connectivity index (χ3n) is 4.15. The summed E-state index contributed by atoms with van der Waals surface area (Å²) in [4.78, 5) is 33.2. The number of hydrogen-bond acceptors (Lipinski definition) is 5. The van der Waals surface area contributed by atoms with Crippen LogP contribution in [0, 0.1) is 6.92 Å². The molecule has 0 saturated carbocycles. The Bertz CT molecular complexity index is 1180. The van der Waals surface area contributed by atoms with E-state index in [9.17, 15) is 9.59 Å². The zero-order valence-corrected chi connectivity index (χ0v) is 15.4. The SMILES string of the molecule is Cc1ccc(-c2csc(NC(=O)Cn3c(=O)cnc4ccccc43)n2)cc1. The summed E-state index contributed by atoms with van der Waals surface area (Å²) in [6.07, 6.45) is 1.23. The molecular weight excluding hydrogens is 360 g/mol. The Balaban J connectivity index is 1.53. The number of benzene rings is 2. The zero-order chi connectivity index (χ0) is 18.8. The van der Waals surface area contributed by atoms with Crippen molar-refractivity contribution in [3.8, 4) is 11.3 Å². The van der Waals surface area contributed by atoms with Crippen molar-refractivity contribution in [1.29, 1.82) is 0 Å². The number of rotatable bonds is 4. The highest BCUT2D eigenvalue weighted by Crippen LogP contribution is 2.25. The summed E-state index contributed by atoms with van der Waals surface area (Å²) < 4.78 is 1.41. The monoisotopic (exact) mass is 376 g/mol. The molecule has 6 nitrogen and oxygen atoms in total. The molecule has 0 aliphatic carbocycles. The molecule has 134 valence electrons. The molecule has 0 unspecified atom stereocenters.